The molecule has 5 N–H and O–H groups in total. The number of methoxy groups -OCH3 is 3. The summed E-state index contributed by atoms with van der Waals surface area (Å²) in [6, 6.07) is 21.6. The summed E-state index contributed by atoms with van der Waals surface area (Å²) in [5.41, 5.74) is 10.8. The number of nitrogens with zero attached hydrogens (tertiary/aromatic N) is 3. The lowest BCUT2D eigenvalue weighted by molar-refractivity contribution is -0.135. The van der Waals surface area contributed by atoms with E-state index in [2.05, 4.69) is 76.1 Å². The Morgan fingerprint density at radius 3 is 2.21 bits per heavy atom. The highest BCUT2D eigenvalue weighted by molar-refractivity contribution is 9.10. The maximum absolute atomic E-state index is 15.7. The van der Waals surface area contributed by atoms with Crippen LogP contribution in [0, 0.1) is 0 Å². The molecule has 0 saturated carbocycles. The Morgan fingerprint density at radius 2 is 1.53 bits per heavy atom. The van der Waals surface area contributed by atoms with E-state index >= 15 is 9.59 Å². The van der Waals surface area contributed by atoms with Crippen molar-refractivity contribution in [3.05, 3.63) is 128 Å². The van der Waals surface area contributed by atoms with Crippen molar-refractivity contribution < 1.29 is 42.5 Å². The highest BCUT2D eigenvalue weighted by Gasteiger charge is 2.45. The number of ether oxygens (including phenoxy) is 5. The average Bonchev–Trinajstić information content (AvgIpc) is 3.89. The normalized spacial score (nSPS) is 20.5. The Hall–Kier alpha value is -6.02. The van der Waals surface area contributed by atoms with Gasteiger partial charge in [-0.25, -0.2) is 0 Å². The van der Waals surface area contributed by atoms with Gasteiger partial charge in [0.25, 0.3) is 0 Å². The molecular weight excluding hydrogens is 1020 g/mol. The van der Waals surface area contributed by atoms with Crippen molar-refractivity contribution >= 4 is 59.3 Å². The number of fused-ring (bicyclic) bond motifs is 8. The van der Waals surface area contributed by atoms with Crippen LogP contribution in [0.1, 0.15) is 85.7 Å². The molecule has 1 saturated heterocycles. The molecule has 0 radical (unpaired) electrons. The summed E-state index contributed by atoms with van der Waals surface area (Å²) in [4.78, 5) is 45.9. The molecule has 5 aromatic rings. The van der Waals surface area contributed by atoms with Crippen molar-refractivity contribution in [2.24, 2.45) is 16.1 Å². The predicted molar refractivity (Wildman–Crippen MR) is 280 cm³/mol. The van der Waals surface area contributed by atoms with Gasteiger partial charge in [0, 0.05) is 34.8 Å². The molecule has 0 spiro atoms. The van der Waals surface area contributed by atoms with E-state index in [9.17, 15) is 4.79 Å². The van der Waals surface area contributed by atoms with Gasteiger partial charge in [-0.15, -0.1) is 5.11 Å². The molecular formula is C53H61BrClN7O9Si. The van der Waals surface area contributed by atoms with Gasteiger partial charge < -0.3 is 49.8 Å². The first-order valence-electron chi connectivity index (χ1n) is 23.8. The predicted octanol–water partition coefficient (Wildman–Crippen LogP) is 10.5. The van der Waals surface area contributed by atoms with Crippen LogP contribution in [-0.4, -0.2) is 78.1 Å². The lowest BCUT2D eigenvalue weighted by Crippen LogP contribution is -2.56. The van der Waals surface area contributed by atoms with E-state index in [0.717, 1.165) is 31.5 Å². The van der Waals surface area contributed by atoms with Crippen molar-refractivity contribution in [2.75, 3.05) is 41.0 Å². The van der Waals surface area contributed by atoms with E-state index in [1.165, 1.54) is 14.2 Å². The summed E-state index contributed by atoms with van der Waals surface area (Å²) in [6.07, 6.45) is 0.831. The molecule has 5 atom stereocenters. The maximum Gasteiger partial charge on any atom is 0.247 e. The number of amides is 3. The summed E-state index contributed by atoms with van der Waals surface area (Å²) in [5.74, 6) is -0.411. The summed E-state index contributed by atoms with van der Waals surface area (Å²) >= 11 is 10.9. The zero-order chi connectivity index (χ0) is 51.5. The highest BCUT2D eigenvalue weighted by Crippen LogP contribution is 2.48. The fourth-order valence-electron chi connectivity index (χ4n) is 8.66. The van der Waals surface area contributed by atoms with E-state index < -0.39 is 56.3 Å². The van der Waals surface area contributed by atoms with Crippen LogP contribution in [-0.2, 0) is 30.2 Å². The molecule has 8 bridgehead atoms. The van der Waals surface area contributed by atoms with Crippen LogP contribution in [0.15, 0.2) is 106 Å². The number of hydrogen-bond acceptors (Lipinski definition) is 12. The molecule has 0 aromatic heterocycles. The van der Waals surface area contributed by atoms with E-state index in [0.29, 0.717) is 60.8 Å². The van der Waals surface area contributed by atoms with Crippen molar-refractivity contribution in [1.29, 1.82) is 0 Å². The molecule has 4 aliphatic heterocycles. The van der Waals surface area contributed by atoms with Crippen molar-refractivity contribution in [3.63, 3.8) is 0 Å². The molecule has 3 amide bonds. The Balaban J connectivity index is 1.38. The van der Waals surface area contributed by atoms with Crippen molar-refractivity contribution in [1.82, 2.24) is 21.0 Å². The quantitative estimate of drug-likeness (QED) is 0.0726. The van der Waals surface area contributed by atoms with Crippen LogP contribution in [0.4, 0.5) is 5.69 Å². The third-order valence-corrected chi connectivity index (χ3v) is 19.0. The molecule has 72 heavy (non-hydrogen) atoms. The second-order valence-corrected chi connectivity index (χ2v) is 25.5. The smallest absolute Gasteiger partial charge is 0.247 e. The van der Waals surface area contributed by atoms with Gasteiger partial charge >= 0.3 is 0 Å². The third kappa shape index (κ3) is 11.3. The van der Waals surface area contributed by atoms with Crippen LogP contribution in [0.2, 0.25) is 23.2 Å². The van der Waals surface area contributed by atoms with Gasteiger partial charge in [0.2, 0.25) is 17.7 Å². The number of rotatable bonds is 11. The number of halogens is 2. The number of nitrogens with two attached hydrogens (primary N) is 1. The number of nitrogens with one attached hydrogen (secondary N) is 3. The van der Waals surface area contributed by atoms with Crippen LogP contribution >= 0.6 is 27.5 Å². The van der Waals surface area contributed by atoms with Gasteiger partial charge in [0.05, 0.1) is 51.7 Å². The molecule has 1 unspecified atom stereocenters. The first-order chi connectivity index (χ1) is 34.4. The fraction of sp³-hybridized carbons (Fsp3) is 0.377. The molecule has 9 rings (SSSR count). The second-order valence-electron chi connectivity index (χ2n) is 19.5. The second kappa shape index (κ2) is 22.0. The molecule has 19 heteroatoms. The zero-order valence-corrected chi connectivity index (χ0v) is 45.0. The van der Waals surface area contributed by atoms with Gasteiger partial charge in [0.15, 0.2) is 14.1 Å². The van der Waals surface area contributed by atoms with E-state index in [-0.39, 0.29) is 34.8 Å². The van der Waals surface area contributed by atoms with Gasteiger partial charge in [-0.05, 0) is 117 Å². The minimum Gasteiger partial charge on any atom is -0.497 e. The zero-order valence-electron chi connectivity index (χ0n) is 41.6. The van der Waals surface area contributed by atoms with Gasteiger partial charge in [-0.1, -0.05) is 80.1 Å². The molecule has 4 aliphatic rings. The Kier molecular flexibility index (Phi) is 16.0. The summed E-state index contributed by atoms with van der Waals surface area (Å²) < 4.78 is 38.6. The van der Waals surface area contributed by atoms with Gasteiger partial charge in [0.1, 0.15) is 46.8 Å². The van der Waals surface area contributed by atoms with Crippen LogP contribution in [0.3, 0.4) is 0 Å². The first-order valence-corrected chi connectivity index (χ1v) is 27.8. The average molecular weight is 1080 g/mol. The SMILES string of the molecule is COc1cc(OC)c2c(c1)C(COCc1ccccc1)NC(=O)[C@H]1NC(=O)[C@H](NC(=O)[C@H](N)c3cc(Br)c(N=NN4CCCC4)c(c3)Oc3ccc(cc3Cl)[C@H]1O[Si](C)(C)C(C)(C)C)c1ccc(OC)c-2c1. The van der Waals surface area contributed by atoms with E-state index in [4.69, 9.17) is 45.4 Å². The molecule has 4 heterocycles. The fourth-order valence-corrected chi connectivity index (χ4v) is 10.7. The molecule has 0 aliphatic carbocycles. The maximum atomic E-state index is 15.7. The van der Waals surface area contributed by atoms with Crippen LogP contribution in [0.5, 0.6) is 28.7 Å². The Morgan fingerprint density at radius 1 is 0.806 bits per heavy atom. The van der Waals surface area contributed by atoms with E-state index in [1.54, 1.807) is 61.7 Å². The minimum absolute atomic E-state index is 0.0370. The van der Waals surface area contributed by atoms with Crippen molar-refractivity contribution in [2.45, 2.75) is 88.6 Å². The molecule has 16 nitrogen and oxygen atoms in total. The minimum atomic E-state index is -2.84. The monoisotopic (exact) mass is 1080 g/mol. The summed E-state index contributed by atoms with van der Waals surface area (Å²) in [7, 11) is 1.76. The van der Waals surface area contributed by atoms with Gasteiger partial charge in [-0.2, -0.15) is 0 Å². The van der Waals surface area contributed by atoms with Crippen LogP contribution < -0.4 is 40.6 Å². The summed E-state index contributed by atoms with van der Waals surface area (Å²) in [5, 5.41) is 20.0. The van der Waals surface area contributed by atoms with Crippen molar-refractivity contribution in [3.8, 4) is 39.9 Å². The summed E-state index contributed by atoms with van der Waals surface area (Å²) in [6.45, 7) is 12.1. The highest BCUT2D eigenvalue weighted by atomic mass is 79.9. The third-order valence-electron chi connectivity index (χ3n) is 13.7. The molecule has 380 valence electrons. The van der Waals surface area contributed by atoms with Crippen LogP contribution in [0.25, 0.3) is 11.1 Å². The lowest BCUT2D eigenvalue weighted by Gasteiger charge is -2.42. The lowest BCUT2D eigenvalue weighted by atomic mass is 9.89. The van der Waals surface area contributed by atoms with Gasteiger partial charge in [-0.3, -0.25) is 19.4 Å². The largest absolute Gasteiger partial charge is 0.497 e. The Labute approximate surface area is 434 Å². The number of benzene rings is 5. The topological polar surface area (TPSA) is 197 Å². The number of carbonyl (C=O) groups is 3. The Bertz CT molecular complexity index is 2860. The standard InChI is InChI=1S/C53H61BrClN7O9Si/c1-53(2,3)72(7,8)71-49-32-17-19-41(38(55)24-32)70-43-25-33(23-37(54)47(43)60-61-62-20-12-13-21-62)45(56)50(63)58-46-31-16-18-40(67-5)36(22-31)44-35(26-34(66-4)27-42(44)68-6)39(57-52(65)48(49)59-51(46)64)29-69-28-30-14-10-9-11-15-30/h9-11,14-19,22-27,39,45-46,48-49H,12-13,20-21,28-29,56H2,1-8H3,(H,57,65)(H,58,63)(H,59,64)/t39?,45-,46-,48+,49-/m1/s1. The molecule has 5 aromatic carbocycles. The first kappa shape index (κ1) is 52.3. The number of hydrogen-bond donors (Lipinski definition) is 4. The molecule has 1 fully saturated rings. The number of carbonyl (C=O) groups excluding carboxylic acids is 3. The van der Waals surface area contributed by atoms with E-state index in [1.807, 2.05) is 41.4 Å².